The normalized spacial score (nSPS) is 21.1. The number of halogens is 2. The minimum absolute atomic E-state index is 0.218. The van der Waals surface area contributed by atoms with Crippen LogP contribution in [0.2, 0.25) is 10.0 Å². The van der Waals surface area contributed by atoms with Crippen LogP contribution in [0.5, 0.6) is 0 Å². The summed E-state index contributed by atoms with van der Waals surface area (Å²) < 4.78 is 0. The van der Waals surface area contributed by atoms with Gasteiger partial charge in [-0.2, -0.15) is 0 Å². The van der Waals surface area contributed by atoms with E-state index < -0.39 is 0 Å². The van der Waals surface area contributed by atoms with E-state index >= 15 is 0 Å². The van der Waals surface area contributed by atoms with Gasteiger partial charge < -0.3 is 5.73 Å². The lowest BCUT2D eigenvalue weighted by Gasteiger charge is -2.02. The van der Waals surface area contributed by atoms with Crippen molar-refractivity contribution in [3.05, 3.63) is 33.3 Å². The molecule has 0 saturated carbocycles. The van der Waals surface area contributed by atoms with Gasteiger partial charge in [0.25, 0.3) is 0 Å². The molecular formula is C9H9Cl2N. The van der Waals surface area contributed by atoms with Crippen LogP contribution in [0.25, 0.3) is 0 Å². The SMILES string of the molecule is NC1Cc2ccc(Cl)c(Cl)c2C1. The summed E-state index contributed by atoms with van der Waals surface area (Å²) in [6.45, 7) is 0. The van der Waals surface area contributed by atoms with Crippen molar-refractivity contribution < 1.29 is 0 Å². The fourth-order valence-electron chi connectivity index (χ4n) is 1.66. The van der Waals surface area contributed by atoms with Crippen LogP contribution in [0.4, 0.5) is 0 Å². The van der Waals surface area contributed by atoms with E-state index in [2.05, 4.69) is 0 Å². The van der Waals surface area contributed by atoms with E-state index in [4.69, 9.17) is 28.9 Å². The fraction of sp³-hybridized carbons (Fsp3) is 0.333. The molecule has 0 amide bonds. The molecule has 0 saturated heterocycles. The summed E-state index contributed by atoms with van der Waals surface area (Å²) in [5.74, 6) is 0. The maximum atomic E-state index is 6.02. The van der Waals surface area contributed by atoms with Gasteiger partial charge in [0.15, 0.2) is 0 Å². The highest BCUT2D eigenvalue weighted by atomic mass is 35.5. The van der Waals surface area contributed by atoms with E-state index in [1.807, 2.05) is 12.1 Å². The minimum Gasteiger partial charge on any atom is -0.327 e. The van der Waals surface area contributed by atoms with Crippen LogP contribution in [0.3, 0.4) is 0 Å². The Kier molecular flexibility index (Phi) is 2.03. The van der Waals surface area contributed by atoms with Crippen LogP contribution in [-0.4, -0.2) is 6.04 Å². The first kappa shape index (κ1) is 8.36. The quantitative estimate of drug-likeness (QED) is 0.686. The summed E-state index contributed by atoms with van der Waals surface area (Å²) in [7, 11) is 0. The third-order valence-corrected chi connectivity index (χ3v) is 3.08. The molecule has 3 heteroatoms. The number of hydrogen-bond acceptors (Lipinski definition) is 1. The van der Waals surface area contributed by atoms with Crippen molar-refractivity contribution >= 4 is 23.2 Å². The second kappa shape index (κ2) is 2.91. The minimum atomic E-state index is 0.218. The smallest absolute Gasteiger partial charge is 0.0627 e. The molecule has 64 valence electrons. The molecule has 1 nitrogen and oxygen atoms in total. The first-order valence-corrected chi connectivity index (χ1v) is 4.65. The summed E-state index contributed by atoms with van der Waals surface area (Å²) in [6.07, 6.45) is 1.78. The summed E-state index contributed by atoms with van der Waals surface area (Å²) >= 11 is 11.9. The van der Waals surface area contributed by atoms with Crippen molar-refractivity contribution in [2.24, 2.45) is 5.73 Å². The second-order valence-electron chi connectivity index (χ2n) is 3.17. The number of rotatable bonds is 0. The van der Waals surface area contributed by atoms with E-state index in [9.17, 15) is 0 Å². The Morgan fingerprint density at radius 3 is 2.75 bits per heavy atom. The van der Waals surface area contributed by atoms with Crippen LogP contribution >= 0.6 is 23.2 Å². The molecule has 0 aromatic heterocycles. The molecule has 1 atom stereocenters. The summed E-state index contributed by atoms with van der Waals surface area (Å²) in [6, 6.07) is 4.06. The first-order chi connectivity index (χ1) is 5.68. The fourth-order valence-corrected chi connectivity index (χ4v) is 2.10. The second-order valence-corrected chi connectivity index (χ2v) is 3.95. The van der Waals surface area contributed by atoms with Crippen molar-refractivity contribution in [1.82, 2.24) is 0 Å². The molecule has 1 aromatic carbocycles. The molecule has 1 unspecified atom stereocenters. The zero-order chi connectivity index (χ0) is 8.72. The van der Waals surface area contributed by atoms with Gasteiger partial charge in [0.05, 0.1) is 10.0 Å². The van der Waals surface area contributed by atoms with Gasteiger partial charge >= 0.3 is 0 Å². The molecule has 0 spiro atoms. The van der Waals surface area contributed by atoms with Crippen LogP contribution < -0.4 is 5.73 Å². The van der Waals surface area contributed by atoms with Gasteiger partial charge in [-0.25, -0.2) is 0 Å². The van der Waals surface area contributed by atoms with Crippen molar-refractivity contribution in [2.75, 3.05) is 0 Å². The van der Waals surface area contributed by atoms with Crippen LogP contribution in [-0.2, 0) is 12.8 Å². The Hall–Kier alpha value is -0.240. The maximum Gasteiger partial charge on any atom is 0.0627 e. The number of benzene rings is 1. The highest BCUT2D eigenvalue weighted by Crippen LogP contribution is 2.33. The lowest BCUT2D eigenvalue weighted by Crippen LogP contribution is -2.19. The highest BCUT2D eigenvalue weighted by molar-refractivity contribution is 6.42. The molecule has 1 aliphatic rings. The molecule has 2 rings (SSSR count). The molecule has 0 bridgehead atoms. The monoisotopic (exact) mass is 201 g/mol. The van der Waals surface area contributed by atoms with Gasteiger partial charge in [-0.3, -0.25) is 0 Å². The van der Waals surface area contributed by atoms with Crippen molar-refractivity contribution in [3.63, 3.8) is 0 Å². The third-order valence-electron chi connectivity index (χ3n) is 2.24. The van der Waals surface area contributed by atoms with E-state index in [1.54, 1.807) is 0 Å². The van der Waals surface area contributed by atoms with Gasteiger partial charge in [-0.15, -0.1) is 0 Å². The Bertz CT molecular complexity index is 323. The average Bonchev–Trinajstić information content (AvgIpc) is 2.39. The van der Waals surface area contributed by atoms with Gasteiger partial charge in [0.2, 0.25) is 0 Å². The molecule has 0 radical (unpaired) electrons. The molecule has 1 aromatic rings. The predicted octanol–water partition coefficient (Wildman–Crippen LogP) is 2.42. The Balaban J connectivity index is 2.54. The Morgan fingerprint density at radius 2 is 2.00 bits per heavy atom. The largest absolute Gasteiger partial charge is 0.327 e. The lowest BCUT2D eigenvalue weighted by molar-refractivity contribution is 0.721. The van der Waals surface area contributed by atoms with Gasteiger partial charge in [0, 0.05) is 6.04 Å². The van der Waals surface area contributed by atoms with E-state index in [-0.39, 0.29) is 6.04 Å². The maximum absolute atomic E-state index is 6.02. The zero-order valence-corrected chi connectivity index (χ0v) is 7.99. The summed E-state index contributed by atoms with van der Waals surface area (Å²) in [5, 5.41) is 1.31. The van der Waals surface area contributed by atoms with Crippen molar-refractivity contribution in [3.8, 4) is 0 Å². The summed E-state index contributed by atoms with van der Waals surface area (Å²) in [5.41, 5.74) is 8.19. The van der Waals surface area contributed by atoms with Gasteiger partial charge in [-0.05, 0) is 30.0 Å². The Labute approximate surface area is 81.5 Å². The molecular weight excluding hydrogens is 193 g/mol. The molecule has 2 N–H and O–H groups in total. The van der Waals surface area contributed by atoms with Crippen molar-refractivity contribution in [1.29, 1.82) is 0 Å². The van der Waals surface area contributed by atoms with Gasteiger partial charge in [0.1, 0.15) is 0 Å². The van der Waals surface area contributed by atoms with Crippen LogP contribution in [0.15, 0.2) is 12.1 Å². The molecule has 0 heterocycles. The highest BCUT2D eigenvalue weighted by Gasteiger charge is 2.21. The first-order valence-electron chi connectivity index (χ1n) is 3.90. The van der Waals surface area contributed by atoms with E-state index in [0.29, 0.717) is 10.0 Å². The summed E-state index contributed by atoms with van der Waals surface area (Å²) in [4.78, 5) is 0. The zero-order valence-electron chi connectivity index (χ0n) is 6.48. The van der Waals surface area contributed by atoms with Crippen LogP contribution in [0, 0.1) is 0 Å². The lowest BCUT2D eigenvalue weighted by atomic mass is 10.1. The topological polar surface area (TPSA) is 26.0 Å². The van der Waals surface area contributed by atoms with E-state index in [0.717, 1.165) is 18.4 Å². The number of nitrogens with two attached hydrogens (primary N) is 1. The average molecular weight is 202 g/mol. The van der Waals surface area contributed by atoms with Gasteiger partial charge in [-0.1, -0.05) is 29.3 Å². The Morgan fingerprint density at radius 1 is 1.25 bits per heavy atom. The standard InChI is InChI=1S/C9H9Cl2N/c10-8-2-1-5-3-6(12)4-7(5)9(8)11/h1-2,6H,3-4,12H2. The number of fused-ring (bicyclic) bond motifs is 1. The molecule has 12 heavy (non-hydrogen) atoms. The molecule has 1 aliphatic carbocycles. The number of hydrogen-bond donors (Lipinski definition) is 1. The van der Waals surface area contributed by atoms with E-state index in [1.165, 1.54) is 5.56 Å². The van der Waals surface area contributed by atoms with Crippen LogP contribution in [0.1, 0.15) is 11.1 Å². The van der Waals surface area contributed by atoms with Crippen molar-refractivity contribution in [2.45, 2.75) is 18.9 Å². The third kappa shape index (κ3) is 1.22. The predicted molar refractivity (Wildman–Crippen MR) is 51.8 cm³/mol. The molecule has 0 fully saturated rings. The molecule has 0 aliphatic heterocycles.